The van der Waals surface area contributed by atoms with Gasteiger partial charge in [0, 0.05) is 11.5 Å². The number of primary sulfonamides is 1. The van der Waals surface area contributed by atoms with Crippen LogP contribution < -0.4 is 5.14 Å². The van der Waals surface area contributed by atoms with Gasteiger partial charge in [0.25, 0.3) is 5.91 Å². The smallest absolute Gasteiger partial charge is 0.255 e. The van der Waals surface area contributed by atoms with Gasteiger partial charge in [0.2, 0.25) is 10.0 Å². The van der Waals surface area contributed by atoms with Crippen LogP contribution in [0, 0.1) is 0 Å². The van der Waals surface area contributed by atoms with E-state index in [-0.39, 0.29) is 16.8 Å². The fourth-order valence-corrected chi connectivity index (χ4v) is 3.13. The molecule has 5 nitrogen and oxygen atoms in total. The van der Waals surface area contributed by atoms with Crippen molar-refractivity contribution in [2.75, 3.05) is 7.05 Å². The number of rotatable bonds is 4. The zero-order valence-corrected chi connectivity index (χ0v) is 15.1. The van der Waals surface area contributed by atoms with E-state index < -0.39 is 10.0 Å². The summed E-state index contributed by atoms with van der Waals surface area (Å²) in [5.74, 6) is -0.125. The monoisotopic (exact) mass is 396 g/mol. The molecule has 2 aromatic carbocycles. The predicted octanol–water partition coefficient (Wildman–Crippen LogP) is 2.93. The average molecular weight is 397 g/mol. The van der Waals surface area contributed by atoms with E-state index >= 15 is 0 Å². The number of benzene rings is 2. The molecule has 122 valence electrons. The van der Waals surface area contributed by atoms with Crippen LogP contribution in [0.5, 0.6) is 0 Å². The number of amides is 1. The van der Waals surface area contributed by atoms with E-state index in [9.17, 15) is 13.2 Å². The first-order valence-electron chi connectivity index (χ1n) is 6.86. The van der Waals surface area contributed by atoms with Crippen molar-refractivity contribution in [1.82, 2.24) is 4.90 Å². The Bertz CT molecular complexity index is 819. The van der Waals surface area contributed by atoms with Crippen molar-refractivity contribution < 1.29 is 13.2 Å². The second-order valence-corrected chi connectivity index (χ2v) is 7.60. The standard InChI is InChI=1S/C16H17BrN2O3S/c1-11(12-7-9-13(10-8-12)23(18,21)22)19(2)16(20)14-5-3-4-6-15(14)17/h3-11H,1-2H3,(H2,18,21,22). The van der Waals surface area contributed by atoms with Crippen molar-refractivity contribution in [1.29, 1.82) is 0 Å². The first kappa shape index (κ1) is 17.7. The van der Waals surface area contributed by atoms with Gasteiger partial charge in [-0.2, -0.15) is 0 Å². The van der Waals surface area contributed by atoms with Crippen LogP contribution in [0.25, 0.3) is 0 Å². The normalized spacial score (nSPS) is 12.7. The molecule has 7 heteroatoms. The van der Waals surface area contributed by atoms with Crippen molar-refractivity contribution in [2.24, 2.45) is 5.14 Å². The van der Waals surface area contributed by atoms with Gasteiger partial charge in [0.15, 0.2) is 0 Å². The number of nitrogens with zero attached hydrogens (tertiary/aromatic N) is 1. The number of carbonyl (C=O) groups is 1. The topological polar surface area (TPSA) is 80.5 Å². The van der Waals surface area contributed by atoms with Gasteiger partial charge < -0.3 is 4.90 Å². The lowest BCUT2D eigenvalue weighted by molar-refractivity contribution is 0.0741. The maximum atomic E-state index is 12.6. The van der Waals surface area contributed by atoms with Gasteiger partial charge >= 0.3 is 0 Å². The number of hydrogen-bond acceptors (Lipinski definition) is 3. The Balaban J connectivity index is 2.24. The van der Waals surface area contributed by atoms with Crippen LogP contribution in [0.15, 0.2) is 57.9 Å². The lowest BCUT2D eigenvalue weighted by atomic mass is 10.1. The molecule has 0 saturated heterocycles. The maximum absolute atomic E-state index is 12.6. The third-order valence-corrected chi connectivity index (χ3v) is 5.32. The van der Waals surface area contributed by atoms with E-state index in [1.807, 2.05) is 19.1 Å². The molecule has 2 aromatic rings. The molecular weight excluding hydrogens is 380 g/mol. The molecular formula is C16H17BrN2O3S. The second kappa shape index (κ2) is 6.82. The zero-order chi connectivity index (χ0) is 17.2. The van der Waals surface area contributed by atoms with Gasteiger partial charge in [0.05, 0.1) is 16.5 Å². The van der Waals surface area contributed by atoms with Crippen molar-refractivity contribution in [2.45, 2.75) is 17.9 Å². The summed E-state index contributed by atoms with van der Waals surface area (Å²) in [6.07, 6.45) is 0. The lowest BCUT2D eigenvalue weighted by Crippen LogP contribution is -2.30. The summed E-state index contributed by atoms with van der Waals surface area (Å²) in [6.45, 7) is 1.88. The van der Waals surface area contributed by atoms with Crippen LogP contribution in [-0.2, 0) is 10.0 Å². The molecule has 2 rings (SSSR count). The molecule has 1 amide bonds. The molecule has 1 unspecified atom stereocenters. The summed E-state index contributed by atoms with van der Waals surface area (Å²) in [5, 5.41) is 5.09. The molecule has 0 radical (unpaired) electrons. The number of carbonyl (C=O) groups excluding carboxylic acids is 1. The van der Waals surface area contributed by atoms with Crippen LogP contribution in [-0.4, -0.2) is 26.3 Å². The summed E-state index contributed by atoms with van der Waals surface area (Å²) in [7, 11) is -2.01. The van der Waals surface area contributed by atoms with Crippen molar-refractivity contribution >= 4 is 31.9 Å². The molecule has 0 aromatic heterocycles. The fourth-order valence-electron chi connectivity index (χ4n) is 2.16. The van der Waals surface area contributed by atoms with Gasteiger partial charge in [-0.3, -0.25) is 4.79 Å². The van der Waals surface area contributed by atoms with E-state index in [1.54, 1.807) is 36.2 Å². The van der Waals surface area contributed by atoms with Crippen LogP contribution in [0.1, 0.15) is 28.9 Å². The highest BCUT2D eigenvalue weighted by molar-refractivity contribution is 9.10. The van der Waals surface area contributed by atoms with E-state index in [0.717, 1.165) is 10.0 Å². The summed E-state index contributed by atoms with van der Waals surface area (Å²) < 4.78 is 23.3. The Morgan fingerprint density at radius 1 is 1.13 bits per heavy atom. The molecule has 0 fully saturated rings. The van der Waals surface area contributed by atoms with Gasteiger partial charge in [-0.05, 0) is 52.7 Å². The van der Waals surface area contributed by atoms with Gasteiger partial charge in [-0.15, -0.1) is 0 Å². The van der Waals surface area contributed by atoms with Crippen molar-refractivity contribution in [3.8, 4) is 0 Å². The third-order valence-electron chi connectivity index (χ3n) is 3.70. The van der Waals surface area contributed by atoms with Crippen LogP contribution >= 0.6 is 15.9 Å². The largest absolute Gasteiger partial charge is 0.335 e. The minimum absolute atomic E-state index is 0.0493. The lowest BCUT2D eigenvalue weighted by Gasteiger charge is -2.26. The number of halogens is 1. The predicted molar refractivity (Wildman–Crippen MR) is 92.5 cm³/mol. The van der Waals surface area contributed by atoms with Gasteiger partial charge in [0.1, 0.15) is 0 Å². The highest BCUT2D eigenvalue weighted by atomic mass is 79.9. The molecule has 0 aliphatic heterocycles. The molecule has 0 spiro atoms. The maximum Gasteiger partial charge on any atom is 0.255 e. The Kier molecular flexibility index (Phi) is 5.23. The summed E-state index contributed by atoms with van der Waals surface area (Å²) in [5.41, 5.74) is 1.39. The molecule has 0 saturated carbocycles. The number of hydrogen-bond donors (Lipinski definition) is 1. The Morgan fingerprint density at radius 2 is 1.70 bits per heavy atom. The Morgan fingerprint density at radius 3 is 2.22 bits per heavy atom. The zero-order valence-electron chi connectivity index (χ0n) is 12.7. The summed E-state index contributed by atoms with van der Waals surface area (Å²) in [6, 6.07) is 13.2. The second-order valence-electron chi connectivity index (χ2n) is 5.19. The van der Waals surface area contributed by atoms with Gasteiger partial charge in [-0.25, -0.2) is 13.6 Å². The van der Waals surface area contributed by atoms with Crippen LogP contribution in [0.2, 0.25) is 0 Å². The molecule has 0 aliphatic carbocycles. The van der Waals surface area contributed by atoms with E-state index in [4.69, 9.17) is 5.14 Å². The van der Waals surface area contributed by atoms with Crippen molar-refractivity contribution in [3.05, 3.63) is 64.1 Å². The third kappa shape index (κ3) is 3.99. The first-order valence-corrected chi connectivity index (χ1v) is 9.20. The van der Waals surface area contributed by atoms with Crippen LogP contribution in [0.4, 0.5) is 0 Å². The molecule has 1 atom stereocenters. The van der Waals surface area contributed by atoms with E-state index in [2.05, 4.69) is 15.9 Å². The minimum Gasteiger partial charge on any atom is -0.335 e. The molecule has 23 heavy (non-hydrogen) atoms. The van der Waals surface area contributed by atoms with E-state index in [0.29, 0.717) is 5.56 Å². The minimum atomic E-state index is -3.72. The number of nitrogens with two attached hydrogens (primary N) is 1. The molecule has 2 N–H and O–H groups in total. The quantitative estimate of drug-likeness (QED) is 0.862. The molecule has 0 bridgehead atoms. The van der Waals surface area contributed by atoms with Gasteiger partial charge in [-0.1, -0.05) is 24.3 Å². The summed E-state index contributed by atoms with van der Waals surface area (Å²) in [4.78, 5) is 14.2. The fraction of sp³-hybridized carbons (Fsp3) is 0.188. The Labute approximate surface area is 144 Å². The first-order chi connectivity index (χ1) is 10.7. The molecule has 0 heterocycles. The number of sulfonamides is 1. The van der Waals surface area contributed by atoms with E-state index in [1.165, 1.54) is 12.1 Å². The SMILES string of the molecule is CC(c1ccc(S(N)(=O)=O)cc1)N(C)C(=O)c1ccccc1Br. The van der Waals surface area contributed by atoms with Crippen LogP contribution in [0.3, 0.4) is 0 Å². The average Bonchev–Trinajstić information content (AvgIpc) is 2.52. The molecule has 0 aliphatic rings. The summed E-state index contributed by atoms with van der Waals surface area (Å²) >= 11 is 3.37. The highest BCUT2D eigenvalue weighted by Crippen LogP contribution is 2.24. The highest BCUT2D eigenvalue weighted by Gasteiger charge is 2.21. The Hall–Kier alpha value is -1.70. The van der Waals surface area contributed by atoms with Crippen molar-refractivity contribution in [3.63, 3.8) is 0 Å².